The predicted octanol–water partition coefficient (Wildman–Crippen LogP) is 4.37. The Hall–Kier alpha value is -1.52. The second kappa shape index (κ2) is 5.85. The number of benzene rings is 2. The summed E-state index contributed by atoms with van der Waals surface area (Å²) in [7, 11) is 1.60. The molecule has 0 fully saturated rings. The van der Waals surface area contributed by atoms with Gasteiger partial charge in [-0.1, -0.05) is 23.7 Å². The summed E-state index contributed by atoms with van der Waals surface area (Å²) in [5, 5.41) is 3.04. The van der Waals surface area contributed by atoms with Crippen LogP contribution in [0.4, 0.5) is 13.2 Å². The molecule has 0 spiro atoms. The van der Waals surface area contributed by atoms with E-state index in [0.29, 0.717) is 11.1 Å². The number of nitrogens with one attached hydrogen (secondary N) is 1. The Labute approximate surface area is 120 Å². The summed E-state index contributed by atoms with van der Waals surface area (Å²) < 4.78 is 40.7. The van der Waals surface area contributed by atoms with Crippen LogP contribution in [0.1, 0.15) is 22.7 Å². The Morgan fingerprint density at radius 3 is 2.40 bits per heavy atom. The van der Waals surface area contributed by atoms with Crippen LogP contribution in [0, 0.1) is 24.4 Å². The largest absolute Gasteiger partial charge is 0.309 e. The first-order valence-electron chi connectivity index (χ1n) is 6.02. The van der Waals surface area contributed by atoms with E-state index in [-0.39, 0.29) is 10.6 Å². The lowest BCUT2D eigenvalue weighted by Crippen LogP contribution is -2.20. The van der Waals surface area contributed by atoms with Crippen LogP contribution in [0.3, 0.4) is 0 Å². The lowest BCUT2D eigenvalue weighted by molar-refractivity contribution is 0.487. The zero-order valence-electron chi connectivity index (χ0n) is 11.0. The molecule has 106 valence electrons. The molecular formula is C15H13ClF3N. The zero-order chi connectivity index (χ0) is 14.9. The van der Waals surface area contributed by atoms with Crippen LogP contribution in [-0.4, -0.2) is 7.05 Å². The molecule has 2 rings (SSSR count). The molecule has 0 bridgehead atoms. The third-order valence-electron chi connectivity index (χ3n) is 3.17. The molecule has 0 heterocycles. The zero-order valence-corrected chi connectivity index (χ0v) is 11.7. The number of hydrogen-bond acceptors (Lipinski definition) is 1. The molecule has 1 nitrogen and oxygen atoms in total. The smallest absolute Gasteiger partial charge is 0.163 e. The first-order valence-corrected chi connectivity index (χ1v) is 6.40. The Morgan fingerprint density at radius 2 is 1.75 bits per heavy atom. The van der Waals surface area contributed by atoms with Gasteiger partial charge in [0, 0.05) is 10.6 Å². The van der Waals surface area contributed by atoms with Gasteiger partial charge in [0.1, 0.15) is 5.82 Å². The van der Waals surface area contributed by atoms with Crippen LogP contribution in [0.15, 0.2) is 30.3 Å². The van der Waals surface area contributed by atoms with Crippen LogP contribution < -0.4 is 5.32 Å². The molecule has 2 aromatic carbocycles. The van der Waals surface area contributed by atoms with Gasteiger partial charge in [0.15, 0.2) is 11.6 Å². The molecule has 0 radical (unpaired) electrons. The van der Waals surface area contributed by atoms with Crippen molar-refractivity contribution in [2.24, 2.45) is 0 Å². The van der Waals surface area contributed by atoms with Crippen LogP contribution in [0.5, 0.6) is 0 Å². The topological polar surface area (TPSA) is 12.0 Å². The third kappa shape index (κ3) is 2.67. The highest BCUT2D eigenvalue weighted by Crippen LogP contribution is 2.32. The monoisotopic (exact) mass is 299 g/mol. The first-order chi connectivity index (χ1) is 9.45. The fourth-order valence-corrected chi connectivity index (χ4v) is 2.38. The van der Waals surface area contributed by atoms with E-state index >= 15 is 0 Å². The summed E-state index contributed by atoms with van der Waals surface area (Å²) in [5.41, 5.74) is 1.01. The van der Waals surface area contributed by atoms with Crippen molar-refractivity contribution >= 4 is 11.6 Å². The molecule has 0 amide bonds. The van der Waals surface area contributed by atoms with E-state index in [1.54, 1.807) is 14.0 Å². The first kappa shape index (κ1) is 14.9. The van der Waals surface area contributed by atoms with Gasteiger partial charge in [0.05, 0.1) is 6.04 Å². The SMILES string of the molecule is CNC(c1cc(C)c(F)cc1Cl)c1cccc(F)c1F. The highest BCUT2D eigenvalue weighted by Gasteiger charge is 2.21. The van der Waals surface area contributed by atoms with E-state index < -0.39 is 23.5 Å². The molecule has 0 saturated carbocycles. The van der Waals surface area contributed by atoms with E-state index in [1.807, 2.05) is 0 Å². The average Bonchev–Trinajstić information content (AvgIpc) is 2.41. The van der Waals surface area contributed by atoms with Crippen molar-refractivity contribution in [3.8, 4) is 0 Å². The Kier molecular flexibility index (Phi) is 4.35. The summed E-state index contributed by atoms with van der Waals surface area (Å²) >= 11 is 6.02. The minimum absolute atomic E-state index is 0.125. The van der Waals surface area contributed by atoms with Crippen molar-refractivity contribution in [2.75, 3.05) is 7.05 Å². The van der Waals surface area contributed by atoms with Gasteiger partial charge in [0.25, 0.3) is 0 Å². The van der Waals surface area contributed by atoms with Gasteiger partial charge in [-0.2, -0.15) is 0 Å². The molecule has 0 aliphatic heterocycles. The lowest BCUT2D eigenvalue weighted by atomic mass is 9.96. The van der Waals surface area contributed by atoms with Crippen molar-refractivity contribution in [3.63, 3.8) is 0 Å². The maximum atomic E-state index is 13.9. The molecule has 2 aromatic rings. The molecule has 1 N–H and O–H groups in total. The molecular weight excluding hydrogens is 287 g/mol. The number of rotatable bonds is 3. The molecule has 20 heavy (non-hydrogen) atoms. The minimum Gasteiger partial charge on any atom is -0.309 e. The molecule has 1 atom stereocenters. The minimum atomic E-state index is -0.940. The van der Waals surface area contributed by atoms with Crippen molar-refractivity contribution in [1.82, 2.24) is 5.32 Å². The maximum Gasteiger partial charge on any atom is 0.163 e. The average molecular weight is 300 g/mol. The van der Waals surface area contributed by atoms with Gasteiger partial charge in [-0.25, -0.2) is 13.2 Å². The fraction of sp³-hybridized carbons (Fsp3) is 0.200. The molecule has 1 unspecified atom stereocenters. The van der Waals surface area contributed by atoms with E-state index in [0.717, 1.165) is 6.07 Å². The van der Waals surface area contributed by atoms with Gasteiger partial charge in [-0.05, 0) is 43.3 Å². The number of aryl methyl sites for hydroxylation is 1. The molecule has 0 aliphatic carbocycles. The Morgan fingerprint density at radius 1 is 1.05 bits per heavy atom. The highest BCUT2D eigenvalue weighted by atomic mass is 35.5. The summed E-state index contributed by atoms with van der Waals surface area (Å²) in [6.07, 6.45) is 0. The predicted molar refractivity (Wildman–Crippen MR) is 73.4 cm³/mol. The van der Waals surface area contributed by atoms with Gasteiger partial charge in [0.2, 0.25) is 0 Å². The highest BCUT2D eigenvalue weighted by molar-refractivity contribution is 6.31. The normalized spacial score (nSPS) is 12.5. The van der Waals surface area contributed by atoms with Crippen LogP contribution in [0.25, 0.3) is 0 Å². The van der Waals surface area contributed by atoms with Gasteiger partial charge in [-0.3, -0.25) is 0 Å². The third-order valence-corrected chi connectivity index (χ3v) is 3.50. The quantitative estimate of drug-likeness (QED) is 0.887. The number of hydrogen-bond donors (Lipinski definition) is 1. The number of halogens is 4. The van der Waals surface area contributed by atoms with Gasteiger partial charge in [-0.15, -0.1) is 0 Å². The van der Waals surface area contributed by atoms with E-state index in [9.17, 15) is 13.2 Å². The molecule has 0 aromatic heterocycles. The summed E-state index contributed by atoms with van der Waals surface area (Å²) in [4.78, 5) is 0. The van der Waals surface area contributed by atoms with Crippen molar-refractivity contribution < 1.29 is 13.2 Å². The van der Waals surface area contributed by atoms with Crippen molar-refractivity contribution in [2.45, 2.75) is 13.0 Å². The van der Waals surface area contributed by atoms with Crippen LogP contribution in [0.2, 0.25) is 5.02 Å². The van der Waals surface area contributed by atoms with Gasteiger partial charge >= 0.3 is 0 Å². The van der Waals surface area contributed by atoms with Crippen molar-refractivity contribution in [1.29, 1.82) is 0 Å². The van der Waals surface area contributed by atoms with E-state index in [2.05, 4.69) is 5.32 Å². The summed E-state index contributed by atoms with van der Waals surface area (Å²) in [6, 6.07) is 5.98. The van der Waals surface area contributed by atoms with E-state index in [4.69, 9.17) is 11.6 Å². The standard InChI is InChI=1S/C15H13ClF3N/c1-8-6-10(11(16)7-13(8)18)15(20-2)9-4-3-5-12(17)14(9)19/h3-7,15,20H,1-2H3. The summed E-state index contributed by atoms with van der Waals surface area (Å²) in [5.74, 6) is -2.31. The molecule has 0 saturated heterocycles. The maximum absolute atomic E-state index is 13.9. The Balaban J connectivity index is 2.58. The second-order valence-corrected chi connectivity index (χ2v) is 4.89. The van der Waals surface area contributed by atoms with E-state index in [1.165, 1.54) is 24.3 Å². The summed E-state index contributed by atoms with van der Waals surface area (Å²) in [6.45, 7) is 1.59. The van der Waals surface area contributed by atoms with Gasteiger partial charge < -0.3 is 5.32 Å². The Bertz CT molecular complexity index is 643. The lowest BCUT2D eigenvalue weighted by Gasteiger charge is -2.20. The fourth-order valence-electron chi connectivity index (χ4n) is 2.12. The van der Waals surface area contributed by atoms with Crippen molar-refractivity contribution in [3.05, 3.63) is 69.5 Å². The molecule has 0 aliphatic rings. The van der Waals surface area contributed by atoms with Crippen LogP contribution >= 0.6 is 11.6 Å². The van der Waals surface area contributed by atoms with Crippen LogP contribution in [-0.2, 0) is 0 Å². The molecule has 5 heteroatoms. The second-order valence-electron chi connectivity index (χ2n) is 4.49.